The normalized spacial score (nSPS) is 23.6. The Morgan fingerprint density at radius 3 is 2.48 bits per heavy atom. The second-order valence-electron chi connectivity index (χ2n) is 5.66. The highest BCUT2D eigenvalue weighted by molar-refractivity contribution is 7.99. The Morgan fingerprint density at radius 1 is 1.29 bits per heavy atom. The lowest BCUT2D eigenvalue weighted by molar-refractivity contribution is -0.130. The third kappa shape index (κ3) is 3.61. The first-order valence-corrected chi connectivity index (χ1v) is 9.07. The molecule has 1 N–H and O–H groups in total. The van der Waals surface area contributed by atoms with Gasteiger partial charge in [0, 0.05) is 11.8 Å². The third-order valence-electron chi connectivity index (χ3n) is 4.22. The first-order valence-electron chi connectivity index (χ1n) is 7.78. The average molecular weight is 306 g/mol. The topological polar surface area (TPSA) is 32.3 Å². The van der Waals surface area contributed by atoms with E-state index in [1.54, 1.807) is 11.8 Å². The Bertz CT molecular complexity index is 474. The van der Waals surface area contributed by atoms with E-state index in [9.17, 15) is 4.79 Å². The molecule has 1 heterocycles. The van der Waals surface area contributed by atoms with Gasteiger partial charge in [-0.15, -0.1) is 0 Å². The van der Waals surface area contributed by atoms with Crippen LogP contribution in [0.15, 0.2) is 24.3 Å². The van der Waals surface area contributed by atoms with Crippen LogP contribution in [0.4, 0.5) is 0 Å². The minimum atomic E-state index is -0.0464. The van der Waals surface area contributed by atoms with E-state index in [1.807, 2.05) is 4.90 Å². The number of thioether (sulfide) groups is 1. The van der Waals surface area contributed by atoms with E-state index >= 15 is 0 Å². The number of carbonyl (C=O) groups is 1. The van der Waals surface area contributed by atoms with Crippen LogP contribution in [0.3, 0.4) is 0 Å². The predicted octanol–water partition coefficient (Wildman–Crippen LogP) is 3.21. The lowest BCUT2D eigenvalue weighted by atomic mass is 10.1. The van der Waals surface area contributed by atoms with E-state index in [2.05, 4.69) is 56.6 Å². The molecule has 0 bridgehead atoms. The van der Waals surface area contributed by atoms with Crippen molar-refractivity contribution in [1.82, 2.24) is 10.2 Å². The zero-order valence-electron chi connectivity index (χ0n) is 13.4. The van der Waals surface area contributed by atoms with Gasteiger partial charge in [-0.3, -0.25) is 10.1 Å². The number of rotatable bonds is 6. The molecular formula is C17H26N2OS. The summed E-state index contributed by atoms with van der Waals surface area (Å²) in [5, 5.41) is 3.94. The molecule has 4 heteroatoms. The predicted molar refractivity (Wildman–Crippen MR) is 90.5 cm³/mol. The van der Waals surface area contributed by atoms with Crippen LogP contribution in [0.2, 0.25) is 0 Å². The molecule has 3 atom stereocenters. The molecule has 1 aliphatic rings. The minimum absolute atomic E-state index is 0.0166. The molecule has 1 amide bonds. The third-order valence-corrected chi connectivity index (χ3v) is 5.17. The maximum atomic E-state index is 12.5. The molecule has 1 saturated heterocycles. The molecule has 1 aliphatic heterocycles. The van der Waals surface area contributed by atoms with Gasteiger partial charge in [-0.2, -0.15) is 11.8 Å². The van der Waals surface area contributed by atoms with Crippen LogP contribution >= 0.6 is 11.8 Å². The fraction of sp³-hybridized carbons (Fsp3) is 0.588. The van der Waals surface area contributed by atoms with E-state index in [4.69, 9.17) is 0 Å². The average Bonchev–Trinajstić information content (AvgIpc) is 2.83. The lowest BCUT2D eigenvalue weighted by Gasteiger charge is -2.27. The Balaban J connectivity index is 2.22. The highest BCUT2D eigenvalue weighted by atomic mass is 32.2. The highest BCUT2D eigenvalue weighted by Gasteiger charge is 2.38. The van der Waals surface area contributed by atoms with E-state index in [0.29, 0.717) is 5.25 Å². The highest BCUT2D eigenvalue weighted by Crippen LogP contribution is 2.28. The Morgan fingerprint density at radius 2 is 1.95 bits per heavy atom. The molecule has 3 nitrogen and oxygen atoms in total. The zero-order chi connectivity index (χ0) is 15.4. The van der Waals surface area contributed by atoms with E-state index in [1.165, 1.54) is 11.1 Å². The van der Waals surface area contributed by atoms with Crippen molar-refractivity contribution in [3.8, 4) is 0 Å². The van der Waals surface area contributed by atoms with E-state index in [0.717, 1.165) is 19.4 Å². The summed E-state index contributed by atoms with van der Waals surface area (Å²) < 4.78 is 0. The van der Waals surface area contributed by atoms with Crippen LogP contribution in [0.1, 0.15) is 44.5 Å². The first kappa shape index (κ1) is 16.4. The van der Waals surface area contributed by atoms with Gasteiger partial charge in [0.1, 0.15) is 6.17 Å². The van der Waals surface area contributed by atoms with Gasteiger partial charge in [-0.1, -0.05) is 45.0 Å². The van der Waals surface area contributed by atoms with E-state index < -0.39 is 0 Å². The number of carbonyl (C=O) groups excluding carboxylic acids is 1. The van der Waals surface area contributed by atoms with Crippen molar-refractivity contribution in [2.75, 3.05) is 12.8 Å². The van der Waals surface area contributed by atoms with Crippen molar-refractivity contribution >= 4 is 17.7 Å². The minimum Gasteiger partial charge on any atom is -0.320 e. The molecule has 116 valence electrons. The molecule has 0 aliphatic carbocycles. The van der Waals surface area contributed by atoms with Crippen LogP contribution in [-0.2, 0) is 11.2 Å². The number of nitrogens with zero attached hydrogens (tertiary/aromatic N) is 1. The van der Waals surface area contributed by atoms with Crippen molar-refractivity contribution in [3.63, 3.8) is 0 Å². The molecule has 1 aromatic rings. The summed E-state index contributed by atoms with van der Waals surface area (Å²) in [7, 11) is 0. The van der Waals surface area contributed by atoms with Gasteiger partial charge in [0.15, 0.2) is 0 Å². The van der Waals surface area contributed by atoms with Gasteiger partial charge >= 0.3 is 0 Å². The maximum Gasteiger partial charge on any atom is 0.241 e. The van der Waals surface area contributed by atoms with Crippen molar-refractivity contribution in [1.29, 1.82) is 0 Å². The lowest BCUT2D eigenvalue weighted by Crippen LogP contribution is -2.35. The molecule has 1 fully saturated rings. The fourth-order valence-electron chi connectivity index (χ4n) is 2.73. The Hall–Kier alpha value is -1.00. The Labute approximate surface area is 132 Å². The van der Waals surface area contributed by atoms with Gasteiger partial charge in [-0.05, 0) is 30.2 Å². The summed E-state index contributed by atoms with van der Waals surface area (Å²) in [6.45, 7) is 7.19. The molecule has 0 aromatic heterocycles. The van der Waals surface area contributed by atoms with Crippen LogP contribution in [0.5, 0.6) is 0 Å². The maximum absolute atomic E-state index is 12.5. The van der Waals surface area contributed by atoms with Gasteiger partial charge in [0.25, 0.3) is 0 Å². The number of nitrogens with one attached hydrogen (secondary N) is 1. The molecule has 3 unspecified atom stereocenters. The Kier molecular flexibility index (Phi) is 5.71. The van der Waals surface area contributed by atoms with Crippen LogP contribution in [-0.4, -0.2) is 34.9 Å². The monoisotopic (exact) mass is 306 g/mol. The second-order valence-corrected chi connectivity index (χ2v) is 6.94. The molecule has 0 saturated carbocycles. The second kappa shape index (κ2) is 7.32. The number of benzene rings is 1. The van der Waals surface area contributed by atoms with Crippen LogP contribution < -0.4 is 5.32 Å². The molecule has 21 heavy (non-hydrogen) atoms. The SMILES string of the molecule is CCc1ccc(C2NC(CC)C(=O)N2CC(C)SC)cc1. The van der Waals surface area contributed by atoms with Crippen LogP contribution in [0, 0.1) is 0 Å². The number of hydrogen-bond acceptors (Lipinski definition) is 3. The van der Waals surface area contributed by atoms with Crippen molar-refractivity contribution in [2.24, 2.45) is 0 Å². The smallest absolute Gasteiger partial charge is 0.241 e. The number of aryl methyl sites for hydroxylation is 1. The van der Waals surface area contributed by atoms with Crippen LogP contribution in [0.25, 0.3) is 0 Å². The summed E-state index contributed by atoms with van der Waals surface area (Å²) in [4.78, 5) is 14.6. The quantitative estimate of drug-likeness (QED) is 0.876. The molecular weight excluding hydrogens is 280 g/mol. The summed E-state index contributed by atoms with van der Waals surface area (Å²) >= 11 is 1.80. The molecule has 0 radical (unpaired) electrons. The first-order chi connectivity index (χ1) is 10.1. The molecule has 0 spiro atoms. The fourth-order valence-corrected chi connectivity index (χ4v) is 3.04. The number of amides is 1. The number of hydrogen-bond donors (Lipinski definition) is 1. The van der Waals surface area contributed by atoms with Gasteiger partial charge < -0.3 is 4.90 Å². The summed E-state index contributed by atoms with van der Waals surface area (Å²) in [6.07, 6.45) is 4.00. The van der Waals surface area contributed by atoms with Crippen molar-refractivity contribution in [2.45, 2.75) is 51.1 Å². The zero-order valence-corrected chi connectivity index (χ0v) is 14.2. The molecule has 1 aromatic carbocycles. The molecule has 2 rings (SSSR count). The summed E-state index contributed by atoms with van der Waals surface area (Å²) in [6, 6.07) is 8.58. The van der Waals surface area contributed by atoms with Crippen molar-refractivity contribution < 1.29 is 4.79 Å². The van der Waals surface area contributed by atoms with Crippen molar-refractivity contribution in [3.05, 3.63) is 35.4 Å². The summed E-state index contributed by atoms with van der Waals surface area (Å²) in [5.74, 6) is 0.239. The van der Waals surface area contributed by atoms with E-state index in [-0.39, 0.29) is 18.1 Å². The summed E-state index contributed by atoms with van der Waals surface area (Å²) in [5.41, 5.74) is 2.52. The van der Waals surface area contributed by atoms with Gasteiger partial charge in [-0.25, -0.2) is 0 Å². The van der Waals surface area contributed by atoms with Gasteiger partial charge in [0.05, 0.1) is 6.04 Å². The van der Waals surface area contributed by atoms with Gasteiger partial charge in [0.2, 0.25) is 5.91 Å². The standard InChI is InChI=1S/C17H26N2OS/c1-5-13-7-9-14(10-8-13)16-18-15(6-2)17(20)19(16)11-12(3)21-4/h7-10,12,15-16,18H,5-6,11H2,1-4H3. The largest absolute Gasteiger partial charge is 0.320 e.